The molecule has 2 aromatic rings. The number of rotatable bonds is 7. The number of nitrogens with zero attached hydrogens (tertiary/aromatic N) is 1. The number of fused-ring (bicyclic) bond motifs is 1. The number of piperidine rings is 1. The first-order valence-electron chi connectivity index (χ1n) is 11.7. The molecule has 2 aliphatic heterocycles. The molecule has 1 spiro atoms. The van der Waals surface area contributed by atoms with Gasteiger partial charge in [-0.3, -0.25) is 14.4 Å². The van der Waals surface area contributed by atoms with Crippen LogP contribution >= 0.6 is 0 Å². The molecule has 2 aromatic carbocycles. The summed E-state index contributed by atoms with van der Waals surface area (Å²) in [4.78, 5) is 40.4. The van der Waals surface area contributed by atoms with Crippen LogP contribution in [0.4, 0.5) is 0 Å². The summed E-state index contributed by atoms with van der Waals surface area (Å²) in [6.07, 6.45) is 1.53. The third kappa shape index (κ3) is 4.97. The van der Waals surface area contributed by atoms with E-state index in [0.29, 0.717) is 60.1 Å². The van der Waals surface area contributed by atoms with Crippen LogP contribution in [0.15, 0.2) is 30.3 Å². The number of aryl methyl sites for hydroxylation is 1. The van der Waals surface area contributed by atoms with E-state index in [1.54, 1.807) is 36.3 Å². The van der Waals surface area contributed by atoms with Crippen molar-refractivity contribution in [3.8, 4) is 23.0 Å². The van der Waals surface area contributed by atoms with Gasteiger partial charge in [0.25, 0.3) is 0 Å². The fourth-order valence-corrected chi connectivity index (χ4v) is 4.85. The van der Waals surface area contributed by atoms with Gasteiger partial charge < -0.3 is 23.8 Å². The number of amides is 1. The molecule has 0 aromatic heterocycles. The van der Waals surface area contributed by atoms with E-state index in [2.05, 4.69) is 0 Å². The average Bonchev–Trinajstić information content (AvgIpc) is 2.86. The van der Waals surface area contributed by atoms with E-state index in [-0.39, 0.29) is 36.7 Å². The zero-order valence-electron chi connectivity index (χ0n) is 20.6. The first-order valence-corrected chi connectivity index (χ1v) is 11.7. The smallest absolute Gasteiger partial charge is 0.223 e. The van der Waals surface area contributed by atoms with Crippen LogP contribution in [0.1, 0.15) is 58.4 Å². The summed E-state index contributed by atoms with van der Waals surface area (Å²) in [6.45, 7) is 2.84. The molecule has 8 heteroatoms. The molecule has 4 rings (SSSR count). The molecule has 2 heterocycles. The van der Waals surface area contributed by atoms with E-state index in [1.165, 1.54) is 14.2 Å². The third-order valence-corrected chi connectivity index (χ3v) is 6.83. The van der Waals surface area contributed by atoms with Crippen molar-refractivity contribution in [2.45, 2.75) is 44.6 Å². The number of ketones is 2. The molecule has 0 radical (unpaired) electrons. The molecule has 1 amide bonds. The lowest BCUT2D eigenvalue weighted by Gasteiger charge is -2.44. The molecule has 0 unspecified atom stereocenters. The van der Waals surface area contributed by atoms with Crippen LogP contribution in [-0.2, 0) is 4.79 Å². The number of ether oxygens (including phenoxy) is 4. The summed E-state index contributed by atoms with van der Waals surface area (Å²) in [6, 6.07) is 8.82. The largest absolute Gasteiger partial charge is 0.496 e. The van der Waals surface area contributed by atoms with E-state index in [9.17, 15) is 14.4 Å². The molecular weight excluding hydrogens is 450 g/mol. The Bertz CT molecular complexity index is 1150. The Hall–Kier alpha value is -3.55. The molecule has 1 saturated heterocycles. The summed E-state index contributed by atoms with van der Waals surface area (Å²) in [5, 5.41) is 0. The molecule has 0 aliphatic carbocycles. The first-order chi connectivity index (χ1) is 16.8. The molecule has 35 heavy (non-hydrogen) atoms. The highest BCUT2D eigenvalue weighted by Crippen LogP contribution is 2.44. The van der Waals surface area contributed by atoms with E-state index >= 15 is 0 Å². The SMILES string of the molecule is COc1cc(OC)c2c(c1)OC1(CCN(C(=O)CCC(=O)c3cc(C)ccc3OC)CC1)CC2=O. The quantitative estimate of drug-likeness (QED) is 0.552. The van der Waals surface area contributed by atoms with Gasteiger partial charge in [0.1, 0.15) is 34.2 Å². The van der Waals surface area contributed by atoms with Crippen molar-refractivity contribution in [3.63, 3.8) is 0 Å². The predicted molar refractivity (Wildman–Crippen MR) is 129 cm³/mol. The second kappa shape index (κ2) is 9.98. The number of Topliss-reactive ketones (excluding diaryl/α,β-unsaturated/α-hetero) is 2. The van der Waals surface area contributed by atoms with Crippen molar-refractivity contribution >= 4 is 17.5 Å². The minimum atomic E-state index is -0.664. The number of benzene rings is 2. The lowest BCUT2D eigenvalue weighted by Crippen LogP contribution is -2.52. The van der Waals surface area contributed by atoms with E-state index in [0.717, 1.165) is 5.56 Å². The minimum Gasteiger partial charge on any atom is -0.496 e. The second-order valence-electron chi connectivity index (χ2n) is 9.10. The Labute approximate surface area is 205 Å². The maximum absolute atomic E-state index is 13.0. The van der Waals surface area contributed by atoms with Crippen molar-refractivity contribution in [1.82, 2.24) is 4.90 Å². The minimum absolute atomic E-state index is 0.0387. The standard InChI is InChI=1S/C27H31NO7/c1-17-5-7-22(33-3)19(13-17)20(29)6-8-25(31)28-11-9-27(10-12-28)16-21(30)26-23(34-4)14-18(32-2)15-24(26)35-27/h5,7,13-15H,6,8-12,16H2,1-4H3. The Balaban J connectivity index is 1.38. The molecule has 1 fully saturated rings. The first kappa shape index (κ1) is 24.6. The average molecular weight is 482 g/mol. The molecule has 0 N–H and O–H groups in total. The number of likely N-dealkylation sites (tertiary alicyclic amines) is 1. The second-order valence-corrected chi connectivity index (χ2v) is 9.10. The van der Waals surface area contributed by atoms with Crippen molar-refractivity contribution in [2.24, 2.45) is 0 Å². The molecule has 2 aliphatic rings. The van der Waals surface area contributed by atoms with Gasteiger partial charge in [0.05, 0.1) is 33.3 Å². The lowest BCUT2D eigenvalue weighted by molar-refractivity contribution is -0.134. The van der Waals surface area contributed by atoms with Crippen LogP contribution in [0, 0.1) is 6.92 Å². The monoisotopic (exact) mass is 481 g/mol. The fourth-order valence-electron chi connectivity index (χ4n) is 4.85. The van der Waals surface area contributed by atoms with Crippen molar-refractivity contribution in [1.29, 1.82) is 0 Å². The summed E-state index contributed by atoms with van der Waals surface area (Å²) in [7, 11) is 4.58. The Morgan fingerprint density at radius 2 is 1.69 bits per heavy atom. The van der Waals surface area contributed by atoms with Gasteiger partial charge in [-0.05, 0) is 19.1 Å². The van der Waals surface area contributed by atoms with Crippen LogP contribution in [0.3, 0.4) is 0 Å². The molecule has 0 atom stereocenters. The van der Waals surface area contributed by atoms with E-state index in [1.807, 2.05) is 13.0 Å². The van der Waals surface area contributed by atoms with Crippen LogP contribution < -0.4 is 18.9 Å². The topological polar surface area (TPSA) is 91.4 Å². The zero-order valence-corrected chi connectivity index (χ0v) is 20.6. The number of hydrogen-bond acceptors (Lipinski definition) is 7. The summed E-state index contributed by atoms with van der Waals surface area (Å²) in [5.74, 6) is 1.72. The maximum Gasteiger partial charge on any atom is 0.223 e. The van der Waals surface area contributed by atoms with Gasteiger partial charge in [-0.15, -0.1) is 0 Å². The highest BCUT2D eigenvalue weighted by atomic mass is 16.5. The van der Waals surface area contributed by atoms with Crippen molar-refractivity contribution in [3.05, 3.63) is 47.0 Å². The third-order valence-electron chi connectivity index (χ3n) is 6.83. The van der Waals surface area contributed by atoms with Gasteiger partial charge in [-0.1, -0.05) is 11.6 Å². The maximum atomic E-state index is 13.0. The Morgan fingerprint density at radius 1 is 0.971 bits per heavy atom. The van der Waals surface area contributed by atoms with Gasteiger partial charge in [0.15, 0.2) is 11.6 Å². The molecular formula is C27H31NO7. The summed E-state index contributed by atoms with van der Waals surface area (Å²) < 4.78 is 22.3. The summed E-state index contributed by atoms with van der Waals surface area (Å²) >= 11 is 0. The van der Waals surface area contributed by atoms with Crippen LogP contribution in [0.5, 0.6) is 23.0 Å². The van der Waals surface area contributed by atoms with E-state index < -0.39 is 5.60 Å². The molecule has 0 saturated carbocycles. The number of carbonyl (C=O) groups excluding carboxylic acids is 3. The highest BCUT2D eigenvalue weighted by Gasteiger charge is 2.45. The zero-order chi connectivity index (χ0) is 25.2. The summed E-state index contributed by atoms with van der Waals surface area (Å²) in [5.41, 5.74) is 1.22. The van der Waals surface area contributed by atoms with Crippen LogP contribution in [0.25, 0.3) is 0 Å². The normalized spacial score (nSPS) is 16.3. The fraction of sp³-hybridized carbons (Fsp3) is 0.444. The van der Waals surface area contributed by atoms with Gasteiger partial charge in [0.2, 0.25) is 5.91 Å². The van der Waals surface area contributed by atoms with Crippen molar-refractivity contribution in [2.75, 3.05) is 34.4 Å². The molecule has 8 nitrogen and oxygen atoms in total. The Morgan fingerprint density at radius 3 is 2.34 bits per heavy atom. The number of carbonyl (C=O) groups is 3. The highest BCUT2D eigenvalue weighted by molar-refractivity contribution is 6.03. The van der Waals surface area contributed by atoms with Crippen molar-refractivity contribution < 1.29 is 33.3 Å². The number of hydrogen-bond donors (Lipinski definition) is 0. The van der Waals surface area contributed by atoms with Crippen LogP contribution in [0.2, 0.25) is 0 Å². The number of methoxy groups -OCH3 is 3. The molecule has 186 valence electrons. The van der Waals surface area contributed by atoms with Gasteiger partial charge in [0, 0.05) is 50.9 Å². The Kier molecular flexibility index (Phi) is 7.00. The van der Waals surface area contributed by atoms with Crippen LogP contribution in [-0.4, -0.2) is 62.4 Å². The van der Waals surface area contributed by atoms with Gasteiger partial charge in [-0.25, -0.2) is 0 Å². The van der Waals surface area contributed by atoms with Gasteiger partial charge in [-0.2, -0.15) is 0 Å². The molecule has 0 bridgehead atoms. The van der Waals surface area contributed by atoms with E-state index in [4.69, 9.17) is 18.9 Å². The lowest BCUT2D eigenvalue weighted by atomic mass is 9.82. The van der Waals surface area contributed by atoms with Gasteiger partial charge >= 0.3 is 0 Å². The predicted octanol–water partition coefficient (Wildman–Crippen LogP) is 4.01.